The number of carbonyl (C=O) groups is 1. The van der Waals surface area contributed by atoms with E-state index in [-0.39, 0.29) is 5.78 Å². The van der Waals surface area contributed by atoms with Gasteiger partial charge in [-0.2, -0.15) is 20.4 Å². The maximum atomic E-state index is 11.7. The minimum atomic E-state index is 0.0386. The zero-order valence-electron chi connectivity index (χ0n) is 76.4. The number of imidazole rings is 4. The molecule has 24 aromatic rings. The Balaban J connectivity index is 0.000000107. The molecule has 686 valence electrons. The Morgan fingerprint density at radius 2 is 0.748 bits per heavy atom. The molecule has 0 radical (unpaired) electrons. The number of aromatic nitrogens is 28. The number of nitrogens with zero attached hydrogens (tertiary/aromatic N) is 21. The Kier molecular flexibility index (Phi) is 23.8. The summed E-state index contributed by atoms with van der Waals surface area (Å²) >= 11 is 6.64. The van der Waals surface area contributed by atoms with Crippen LogP contribution in [0.3, 0.4) is 0 Å². The minimum Gasteiger partial charge on any atom is -0.397 e. The number of Topliss-reactive ketones (excluding diaryl/α,β-unsaturated/α-hetero) is 1. The fraction of sp³-hybridized carbons (Fsp3) is 0.167. The van der Waals surface area contributed by atoms with E-state index < -0.39 is 0 Å². The van der Waals surface area contributed by atoms with Crippen molar-refractivity contribution in [3.8, 4) is 132 Å². The van der Waals surface area contributed by atoms with E-state index >= 15 is 0 Å². The van der Waals surface area contributed by atoms with Gasteiger partial charge in [0.15, 0.2) is 51.7 Å². The first kappa shape index (κ1) is 87.9. The van der Waals surface area contributed by atoms with Crippen molar-refractivity contribution < 1.29 is 4.79 Å². The molecule has 1 aliphatic carbocycles. The number of anilines is 2. The molecule has 0 atom stereocenters. The number of thiophene rings is 4. The summed E-state index contributed by atoms with van der Waals surface area (Å²) in [4.78, 5) is 109. The predicted octanol–water partition coefficient (Wildman–Crippen LogP) is 21.6. The lowest BCUT2D eigenvalue weighted by molar-refractivity contribution is 0.102. The SMILES string of the molecule is CC(=O)c1ccc(-c2cncc3[nH]c(-c4[nH]nc5ncc(-c6cncc(N)c6)cc45)nc23)s1.Cc1ccc(-c2cncc3[nH]c(-c4[nH]nc5ncc(-c6cncc(CN(C)C)c6)cc45)nc23)s1.Cc1ccc(-c2cncc3[nH]c(-c4[nH]nc5ncc(-c6cncc(CNCC7CCCC7)c6)cc45)nc23)s1.Cc1ccc(-c2cncc3[nH]c(-c4[nH]nc5ncc(-c6cncc(NC(C)C)c6)cc45)nc23)s1. The Morgan fingerprint density at radius 3 is 1.12 bits per heavy atom. The van der Waals surface area contributed by atoms with Crippen molar-refractivity contribution in [2.24, 2.45) is 5.92 Å². The average Bonchev–Trinajstić information content (AvgIpc) is 1.62. The second-order valence-corrected chi connectivity index (χ2v) is 39.8. The number of hydrogen-bond donors (Lipinski definition) is 11. The maximum absolute atomic E-state index is 11.7. The van der Waals surface area contributed by atoms with Crippen molar-refractivity contribution in [3.63, 3.8) is 0 Å². The largest absolute Gasteiger partial charge is 0.397 e. The molecule has 24 heterocycles. The first-order valence-corrected chi connectivity index (χ1v) is 48.4. The predicted molar refractivity (Wildman–Crippen MR) is 552 cm³/mol. The lowest BCUT2D eigenvalue weighted by atomic mass is 10.1. The van der Waals surface area contributed by atoms with Crippen LogP contribution in [-0.2, 0) is 13.1 Å². The van der Waals surface area contributed by atoms with Gasteiger partial charge >= 0.3 is 0 Å². The third-order valence-electron chi connectivity index (χ3n) is 24.0. The number of rotatable bonds is 21. The molecule has 1 aliphatic rings. The van der Waals surface area contributed by atoms with Gasteiger partial charge in [0, 0.05) is 219 Å². The van der Waals surface area contributed by atoms with Crippen LogP contribution in [-0.4, -0.2) is 178 Å². The molecule has 0 saturated heterocycles. The molecular weight excluding hydrogens is 1820 g/mol. The summed E-state index contributed by atoms with van der Waals surface area (Å²) in [5.74, 6) is 3.60. The van der Waals surface area contributed by atoms with E-state index in [1.165, 1.54) is 57.2 Å². The highest BCUT2D eigenvalue weighted by atomic mass is 32.1. The minimum absolute atomic E-state index is 0.0386. The fourth-order valence-electron chi connectivity index (χ4n) is 17.4. The number of nitrogen functional groups attached to an aromatic ring is 1. The highest BCUT2D eigenvalue weighted by molar-refractivity contribution is 7.17. The number of aryl methyl sites for hydroxylation is 3. The van der Waals surface area contributed by atoms with Gasteiger partial charge in [0.1, 0.15) is 44.8 Å². The van der Waals surface area contributed by atoms with Gasteiger partial charge in [-0.1, -0.05) is 12.8 Å². The van der Waals surface area contributed by atoms with Crippen molar-refractivity contribution in [2.45, 2.75) is 86.4 Å². The summed E-state index contributed by atoms with van der Waals surface area (Å²) in [6.07, 6.45) is 41.9. The number of aromatic amines is 8. The van der Waals surface area contributed by atoms with Crippen LogP contribution < -0.4 is 16.4 Å². The van der Waals surface area contributed by atoms with Crippen molar-refractivity contribution in [1.29, 1.82) is 0 Å². The molecular formula is C102H88N32OS4. The fourth-order valence-corrected chi connectivity index (χ4v) is 20.9. The number of carbonyl (C=O) groups excluding carboxylic acids is 1. The average molecular weight is 1910 g/mol. The van der Waals surface area contributed by atoms with Gasteiger partial charge in [0.25, 0.3) is 0 Å². The molecule has 139 heavy (non-hydrogen) atoms. The molecule has 12 N–H and O–H groups in total. The molecule has 0 spiro atoms. The van der Waals surface area contributed by atoms with Crippen molar-refractivity contribution in [2.75, 3.05) is 31.7 Å². The zero-order valence-corrected chi connectivity index (χ0v) is 79.7. The highest BCUT2D eigenvalue weighted by Crippen LogP contribution is 2.42. The van der Waals surface area contributed by atoms with Crippen LogP contribution in [0, 0.1) is 26.7 Å². The van der Waals surface area contributed by atoms with Crippen LogP contribution in [0.2, 0.25) is 0 Å². The normalized spacial score (nSPS) is 12.3. The van der Waals surface area contributed by atoms with E-state index in [2.05, 4.69) is 243 Å². The van der Waals surface area contributed by atoms with Crippen LogP contribution in [0.15, 0.2) is 221 Å². The standard InChI is InChI=1S/C29H28N8S.2C25H22N8S.C23H16N8OS/c1-17-6-7-25(38-17)23-15-32-16-24-26(23)35-29(34-24)27-22-9-21(14-33-28(22)37-36-27)20-8-19(12-31-13-20)11-30-10-18-4-2-3-5-18;1-14-4-5-21(34-14)19-11-27-12-20-22(19)30-25(29-20)23-18-7-17(10-28-24(18)32-31-23)16-6-15(8-26-9-16)13-33(2)3;1-13(2)29-17-6-15(8-26-10-17)16-7-18-23(32-33-24(18)28-9-16)25-30-20-12-27-11-19(22(20)31-25)21-5-4-14(3)34-21;1-11(32)18-2-3-19(33-18)16-9-26-10-17-20(16)29-23(28-17)21-15-5-13(7-27-22(15)31-30-21)12-4-14(24)8-25-6-12/h6-9,12-16,18,30H,2-5,10-11H2,1H3,(H,34,35)(H,33,36,37);4-12H,13H2,1-3H3,(H,29,30)(H,28,31,32);4-13,29H,1-3H3,(H,30,31)(H,28,32,33);2-10H,24H2,1H3,(H,28,29)(H,27,30,31). The number of fused-ring (bicyclic) bond motifs is 8. The number of hydrogen-bond acceptors (Lipinski definition) is 29. The summed E-state index contributed by atoms with van der Waals surface area (Å²) < 4.78 is 0. The smallest absolute Gasteiger partial charge is 0.181 e. The van der Waals surface area contributed by atoms with E-state index in [1.807, 2.05) is 119 Å². The quantitative estimate of drug-likeness (QED) is 0.0298. The molecule has 33 nitrogen and oxygen atoms in total. The maximum Gasteiger partial charge on any atom is 0.181 e. The van der Waals surface area contributed by atoms with Crippen molar-refractivity contribution in [1.82, 2.24) is 151 Å². The van der Waals surface area contributed by atoms with Gasteiger partial charge in [0.2, 0.25) is 0 Å². The molecule has 1 saturated carbocycles. The molecule has 37 heteroatoms. The number of ketones is 1. The number of nitrogens with one attached hydrogen (secondary N) is 10. The van der Waals surface area contributed by atoms with Crippen LogP contribution in [0.25, 0.3) is 221 Å². The van der Waals surface area contributed by atoms with E-state index in [1.54, 1.807) is 84.3 Å². The summed E-state index contributed by atoms with van der Waals surface area (Å²) in [5, 5.41) is 40.6. The second kappa shape index (κ2) is 37.7. The first-order chi connectivity index (χ1) is 67.9. The van der Waals surface area contributed by atoms with Crippen LogP contribution >= 0.6 is 45.3 Å². The lowest BCUT2D eigenvalue weighted by Crippen LogP contribution is -2.20. The molecule has 24 aromatic heterocycles. The molecule has 0 aromatic carbocycles. The van der Waals surface area contributed by atoms with Crippen LogP contribution in [0.4, 0.5) is 11.4 Å². The highest BCUT2D eigenvalue weighted by Gasteiger charge is 2.25. The van der Waals surface area contributed by atoms with Gasteiger partial charge in [-0.05, 0) is 189 Å². The van der Waals surface area contributed by atoms with Gasteiger partial charge in [-0.25, -0.2) is 39.9 Å². The molecule has 0 amide bonds. The number of pyridine rings is 12. The Morgan fingerprint density at radius 1 is 0.403 bits per heavy atom. The zero-order chi connectivity index (χ0) is 94.5. The Hall–Kier alpha value is -16.5. The molecule has 0 unspecified atom stereocenters. The molecule has 0 bridgehead atoms. The van der Waals surface area contributed by atoms with Gasteiger partial charge in [0.05, 0.1) is 84.7 Å². The van der Waals surface area contributed by atoms with Crippen LogP contribution in [0.5, 0.6) is 0 Å². The van der Waals surface area contributed by atoms with E-state index in [0.717, 1.165) is 206 Å². The van der Waals surface area contributed by atoms with E-state index in [9.17, 15) is 4.79 Å². The second-order valence-electron chi connectivity index (χ2n) is 34.9. The summed E-state index contributed by atoms with van der Waals surface area (Å²) in [5.41, 5.74) is 33.9. The van der Waals surface area contributed by atoms with E-state index in [4.69, 9.17) is 25.7 Å². The Bertz CT molecular complexity index is 8460. The first-order valence-electron chi connectivity index (χ1n) is 45.1. The lowest BCUT2D eigenvalue weighted by Gasteiger charge is -2.11. The number of nitrogens with two attached hydrogens (primary N) is 1. The van der Waals surface area contributed by atoms with Crippen molar-refractivity contribution >= 4 is 151 Å². The third kappa shape index (κ3) is 18.2. The molecule has 1 fully saturated rings. The van der Waals surface area contributed by atoms with Gasteiger partial charge in [-0.15, -0.1) is 45.3 Å². The summed E-state index contributed by atoms with van der Waals surface area (Å²) in [6.45, 7) is 14.8. The van der Waals surface area contributed by atoms with Crippen molar-refractivity contribution in [3.05, 3.63) is 252 Å². The third-order valence-corrected chi connectivity index (χ3v) is 28.3. The Labute approximate surface area is 808 Å². The monoisotopic (exact) mass is 1900 g/mol. The van der Waals surface area contributed by atoms with Gasteiger partial charge in [-0.3, -0.25) is 65.1 Å². The van der Waals surface area contributed by atoms with Crippen LogP contribution in [0.1, 0.15) is 81.9 Å². The summed E-state index contributed by atoms with van der Waals surface area (Å²) in [7, 11) is 4.10. The molecule has 0 aliphatic heterocycles. The molecule has 25 rings (SSSR count). The summed E-state index contributed by atoms with van der Waals surface area (Å²) in [6, 6.07) is 33.3. The van der Waals surface area contributed by atoms with E-state index in [0.29, 0.717) is 68.2 Å². The topological polar surface area (TPSA) is 455 Å². The number of H-pyrrole nitrogens is 8. The van der Waals surface area contributed by atoms with Gasteiger partial charge < -0.3 is 41.2 Å².